The molecule has 3 saturated carbocycles. The molecule has 13 heavy (non-hydrogen) atoms. The summed E-state index contributed by atoms with van der Waals surface area (Å²) in [5.41, 5.74) is -0.649. The zero-order chi connectivity index (χ0) is 9.53. The van der Waals surface area contributed by atoms with Gasteiger partial charge < -0.3 is 9.95 Å². The Bertz CT molecular complexity index is 265. The first kappa shape index (κ1) is 8.55. The van der Waals surface area contributed by atoms with Gasteiger partial charge in [0.2, 0.25) is 5.54 Å². The van der Waals surface area contributed by atoms with Crippen LogP contribution in [-0.2, 0) is 4.79 Å². The first-order valence-corrected chi connectivity index (χ1v) is 4.75. The number of carboxylic acid groups (broad SMARTS) is 1. The third-order valence-electron chi connectivity index (χ3n) is 3.90. The van der Waals surface area contributed by atoms with Gasteiger partial charge in [0.05, 0.1) is 5.41 Å². The maximum atomic E-state index is 11.0. The Balaban J connectivity index is 2.22. The number of nitrogens with zero attached hydrogens (tertiary/aromatic N) is 1. The molecule has 0 saturated heterocycles. The van der Waals surface area contributed by atoms with E-state index in [9.17, 15) is 4.79 Å². The zero-order valence-electron chi connectivity index (χ0n) is 7.55. The van der Waals surface area contributed by atoms with Crippen LogP contribution in [0.15, 0.2) is 0 Å². The minimum Gasteiger partial charge on any atom is -0.481 e. The second-order valence-corrected chi connectivity index (χ2v) is 4.42. The summed E-state index contributed by atoms with van der Waals surface area (Å²) < 4.78 is 0. The maximum absolute atomic E-state index is 11.0. The van der Waals surface area contributed by atoms with Crippen molar-refractivity contribution in [2.45, 2.75) is 44.1 Å². The van der Waals surface area contributed by atoms with Gasteiger partial charge in [0.15, 0.2) is 0 Å². The maximum Gasteiger partial charge on any atom is 0.309 e. The van der Waals surface area contributed by atoms with E-state index in [-0.39, 0.29) is 5.54 Å². The lowest BCUT2D eigenvalue weighted by molar-refractivity contribution is -0.155. The van der Waals surface area contributed by atoms with Crippen molar-refractivity contribution in [1.82, 2.24) is 0 Å². The molecule has 3 rings (SSSR count). The normalized spacial score (nSPS) is 42.7. The van der Waals surface area contributed by atoms with Gasteiger partial charge in [0.25, 0.3) is 0 Å². The third kappa shape index (κ3) is 1.05. The summed E-state index contributed by atoms with van der Waals surface area (Å²) in [5.74, 6) is -0.647. The molecule has 0 atom stereocenters. The van der Waals surface area contributed by atoms with E-state index in [1.54, 1.807) is 0 Å². The van der Waals surface area contributed by atoms with E-state index >= 15 is 0 Å². The van der Waals surface area contributed by atoms with Crippen LogP contribution in [-0.4, -0.2) is 16.6 Å². The molecule has 0 aromatic carbocycles. The molecule has 3 aliphatic carbocycles. The number of hydrogen-bond acceptors (Lipinski definition) is 1. The molecular formula is C10H13NO2. The molecule has 70 valence electrons. The molecule has 3 fully saturated rings. The van der Waals surface area contributed by atoms with Gasteiger partial charge in [-0.25, -0.2) is 6.57 Å². The largest absolute Gasteiger partial charge is 0.481 e. The SMILES string of the molecule is [C-]#[N+]C12CCC(C(=O)O)(CC1)CC2. The second-order valence-electron chi connectivity index (χ2n) is 4.42. The van der Waals surface area contributed by atoms with E-state index < -0.39 is 11.4 Å². The number of hydrogen-bond donors (Lipinski definition) is 1. The van der Waals surface area contributed by atoms with Crippen LogP contribution in [0.4, 0.5) is 0 Å². The third-order valence-corrected chi connectivity index (χ3v) is 3.90. The summed E-state index contributed by atoms with van der Waals surface area (Å²) in [6.45, 7) is 7.12. The average molecular weight is 179 g/mol. The van der Waals surface area contributed by atoms with Gasteiger partial charge in [-0.3, -0.25) is 4.79 Å². The topological polar surface area (TPSA) is 41.7 Å². The molecule has 0 amide bonds. The molecule has 3 aliphatic rings. The fourth-order valence-corrected chi connectivity index (χ4v) is 2.65. The summed E-state index contributed by atoms with van der Waals surface area (Å²) in [6.07, 6.45) is 4.52. The number of aliphatic carboxylic acids is 1. The smallest absolute Gasteiger partial charge is 0.309 e. The lowest BCUT2D eigenvalue weighted by atomic mass is 9.57. The Morgan fingerprint density at radius 3 is 1.92 bits per heavy atom. The van der Waals surface area contributed by atoms with Crippen molar-refractivity contribution >= 4 is 5.97 Å². The van der Waals surface area contributed by atoms with Crippen molar-refractivity contribution in [2.24, 2.45) is 5.41 Å². The predicted molar refractivity (Wildman–Crippen MR) is 47.1 cm³/mol. The summed E-state index contributed by atoms with van der Waals surface area (Å²) in [4.78, 5) is 14.7. The standard InChI is InChI=1S/C10H13NO2/c1-11-10-5-2-9(3-6-10,4-7-10)8(12)13/h2-7H2,(H,12,13). The molecule has 1 N–H and O–H groups in total. The Morgan fingerprint density at radius 2 is 1.62 bits per heavy atom. The Kier molecular flexibility index (Phi) is 1.63. The minimum atomic E-state index is -0.647. The molecule has 3 nitrogen and oxygen atoms in total. The quantitative estimate of drug-likeness (QED) is 0.626. The molecule has 3 heteroatoms. The highest BCUT2D eigenvalue weighted by atomic mass is 16.4. The van der Waals surface area contributed by atoms with Crippen molar-refractivity contribution in [3.05, 3.63) is 11.4 Å². The Morgan fingerprint density at radius 1 is 1.15 bits per heavy atom. The van der Waals surface area contributed by atoms with E-state index in [1.165, 1.54) is 0 Å². The number of fused-ring (bicyclic) bond motifs is 3. The number of carboxylic acids is 1. The lowest BCUT2D eigenvalue weighted by Gasteiger charge is -2.44. The Labute approximate surface area is 77.6 Å². The van der Waals surface area contributed by atoms with Gasteiger partial charge >= 0.3 is 5.97 Å². The lowest BCUT2D eigenvalue weighted by Crippen LogP contribution is -2.47. The summed E-state index contributed by atoms with van der Waals surface area (Å²) in [7, 11) is 0. The van der Waals surface area contributed by atoms with Crippen molar-refractivity contribution in [2.75, 3.05) is 0 Å². The Hall–Kier alpha value is -1.04. The van der Waals surface area contributed by atoms with Crippen LogP contribution in [0.3, 0.4) is 0 Å². The van der Waals surface area contributed by atoms with Crippen molar-refractivity contribution in [3.8, 4) is 0 Å². The molecule has 0 unspecified atom stereocenters. The van der Waals surface area contributed by atoms with Gasteiger partial charge in [0.1, 0.15) is 0 Å². The molecule has 0 aliphatic heterocycles. The average Bonchev–Trinajstić information content (AvgIpc) is 2.20. The van der Waals surface area contributed by atoms with Crippen LogP contribution < -0.4 is 0 Å². The van der Waals surface area contributed by atoms with Gasteiger partial charge in [0, 0.05) is 19.3 Å². The van der Waals surface area contributed by atoms with Crippen LogP contribution in [0, 0.1) is 12.0 Å². The van der Waals surface area contributed by atoms with Crippen molar-refractivity contribution < 1.29 is 9.90 Å². The fourth-order valence-electron chi connectivity index (χ4n) is 2.65. The van der Waals surface area contributed by atoms with E-state index in [0.717, 1.165) is 19.3 Å². The van der Waals surface area contributed by atoms with Gasteiger partial charge in [-0.1, -0.05) is 0 Å². The highest BCUT2D eigenvalue weighted by Gasteiger charge is 2.56. The fraction of sp³-hybridized carbons (Fsp3) is 0.800. The first-order chi connectivity index (χ1) is 6.13. The van der Waals surface area contributed by atoms with Crippen molar-refractivity contribution in [1.29, 1.82) is 0 Å². The van der Waals surface area contributed by atoms with Crippen LogP contribution in [0.1, 0.15) is 38.5 Å². The van der Waals surface area contributed by atoms with Crippen molar-refractivity contribution in [3.63, 3.8) is 0 Å². The highest BCUT2D eigenvalue weighted by molar-refractivity contribution is 5.75. The second kappa shape index (κ2) is 2.47. The molecule has 0 aromatic rings. The molecule has 2 bridgehead atoms. The molecule has 0 spiro atoms. The molecular weight excluding hydrogens is 166 g/mol. The summed E-state index contributed by atoms with van der Waals surface area (Å²) >= 11 is 0. The van der Waals surface area contributed by atoms with E-state index in [2.05, 4.69) is 4.85 Å². The van der Waals surface area contributed by atoms with Gasteiger partial charge in [-0.05, 0) is 19.3 Å². The monoisotopic (exact) mass is 179 g/mol. The van der Waals surface area contributed by atoms with Gasteiger partial charge in [-0.2, -0.15) is 0 Å². The zero-order valence-corrected chi connectivity index (χ0v) is 7.55. The van der Waals surface area contributed by atoms with E-state index in [1.807, 2.05) is 0 Å². The number of rotatable bonds is 1. The molecule has 0 heterocycles. The minimum absolute atomic E-state index is 0.183. The molecule has 0 radical (unpaired) electrons. The predicted octanol–water partition coefficient (Wildman–Crippen LogP) is 2.08. The first-order valence-electron chi connectivity index (χ1n) is 4.75. The number of carbonyl (C=O) groups is 1. The van der Waals surface area contributed by atoms with Gasteiger partial charge in [-0.15, -0.1) is 0 Å². The van der Waals surface area contributed by atoms with Crippen LogP contribution in [0.2, 0.25) is 0 Å². The summed E-state index contributed by atoms with van der Waals surface area (Å²) in [6, 6.07) is 0. The van der Waals surface area contributed by atoms with Crippen LogP contribution in [0.25, 0.3) is 4.85 Å². The van der Waals surface area contributed by atoms with E-state index in [0.29, 0.717) is 19.3 Å². The molecule has 0 aromatic heterocycles. The van der Waals surface area contributed by atoms with E-state index in [4.69, 9.17) is 11.7 Å². The summed E-state index contributed by atoms with van der Waals surface area (Å²) in [5, 5.41) is 9.09. The van der Waals surface area contributed by atoms with Crippen LogP contribution >= 0.6 is 0 Å². The van der Waals surface area contributed by atoms with Crippen LogP contribution in [0.5, 0.6) is 0 Å². The highest BCUT2D eigenvalue weighted by Crippen LogP contribution is 2.54.